The first kappa shape index (κ1) is 15.2. The largest absolute Gasteiger partial charge is 0.516 e. The second-order valence-corrected chi connectivity index (χ2v) is 3.23. The normalized spacial score (nSPS) is 9.30. The molecule has 0 N–H and O–H groups in total. The Hall–Kier alpha value is -2.90. The lowest BCUT2D eigenvalue weighted by molar-refractivity contribution is 0.0403. The van der Waals surface area contributed by atoms with Crippen molar-refractivity contribution in [1.82, 2.24) is 0 Å². The highest BCUT2D eigenvalue weighted by atomic mass is 16.7. The van der Waals surface area contributed by atoms with Gasteiger partial charge in [0.05, 0.1) is 25.3 Å². The lowest BCUT2D eigenvalue weighted by Crippen LogP contribution is -2.19. The van der Waals surface area contributed by atoms with E-state index in [-0.39, 0.29) is 11.1 Å². The number of hydrogen-bond acceptors (Lipinski definition) is 8. The molecule has 0 aromatic heterocycles. The van der Waals surface area contributed by atoms with E-state index in [4.69, 9.17) is 0 Å². The number of hydrogen-bond donors (Lipinski definition) is 0. The summed E-state index contributed by atoms with van der Waals surface area (Å²) in [7, 11) is 2.04. The summed E-state index contributed by atoms with van der Waals surface area (Å²) in [6, 6.07) is 5.31. The van der Waals surface area contributed by atoms with Crippen molar-refractivity contribution in [1.29, 1.82) is 0 Å². The van der Waals surface area contributed by atoms with Crippen LogP contribution < -0.4 is 0 Å². The quantitative estimate of drug-likeness (QED) is 0.594. The van der Waals surface area contributed by atoms with Crippen LogP contribution >= 0.6 is 0 Å². The second kappa shape index (κ2) is 6.88. The van der Waals surface area contributed by atoms with Crippen LogP contribution in [0.3, 0.4) is 0 Å². The molecule has 0 unspecified atom stereocenters. The molecule has 0 spiro atoms. The van der Waals surface area contributed by atoms with Crippen LogP contribution in [-0.4, -0.2) is 38.5 Å². The van der Waals surface area contributed by atoms with Gasteiger partial charge >= 0.3 is 24.2 Å². The molecular formula is C12H10O8. The van der Waals surface area contributed by atoms with E-state index in [9.17, 15) is 19.2 Å². The molecule has 0 aliphatic rings. The van der Waals surface area contributed by atoms with Gasteiger partial charge in [0, 0.05) is 0 Å². The van der Waals surface area contributed by atoms with Gasteiger partial charge in [-0.1, -0.05) is 12.1 Å². The molecule has 1 aromatic carbocycles. The molecule has 1 rings (SSSR count). The average Bonchev–Trinajstić information content (AvgIpc) is 2.46. The van der Waals surface area contributed by atoms with E-state index in [0.717, 1.165) is 14.2 Å². The van der Waals surface area contributed by atoms with Crippen molar-refractivity contribution in [3.63, 3.8) is 0 Å². The highest BCUT2D eigenvalue weighted by Crippen LogP contribution is 2.12. The number of carbonyl (C=O) groups is 4. The Bertz CT molecular complexity index is 499. The van der Waals surface area contributed by atoms with Crippen LogP contribution in [0.2, 0.25) is 0 Å². The monoisotopic (exact) mass is 282 g/mol. The van der Waals surface area contributed by atoms with Gasteiger partial charge in [0.2, 0.25) is 0 Å². The Morgan fingerprint density at radius 3 is 1.40 bits per heavy atom. The summed E-state index contributed by atoms with van der Waals surface area (Å²) in [5.41, 5.74) is -0.515. The lowest BCUT2D eigenvalue weighted by Gasteiger charge is -2.06. The molecular weight excluding hydrogens is 272 g/mol. The first-order chi connectivity index (χ1) is 9.49. The van der Waals surface area contributed by atoms with Gasteiger partial charge in [-0.3, -0.25) is 0 Å². The zero-order valence-electron chi connectivity index (χ0n) is 10.6. The zero-order chi connectivity index (χ0) is 15.1. The summed E-state index contributed by atoms with van der Waals surface area (Å²) in [5.74, 6) is -2.23. The van der Waals surface area contributed by atoms with E-state index in [0.29, 0.717) is 0 Å². The van der Waals surface area contributed by atoms with Gasteiger partial charge in [-0.25, -0.2) is 19.2 Å². The lowest BCUT2D eigenvalue weighted by atomic mass is 10.1. The standard InChI is InChI=1S/C12H10O8/c1-17-11(15)19-9(13)7-5-3-4-6-8(7)10(14)20-12(16)18-2/h3-6H,1-2H3. The topological polar surface area (TPSA) is 105 Å². The third kappa shape index (κ3) is 3.80. The van der Waals surface area contributed by atoms with Gasteiger partial charge in [0.1, 0.15) is 0 Å². The third-order valence-corrected chi connectivity index (χ3v) is 2.05. The minimum atomic E-state index is -1.23. The maximum Gasteiger partial charge on any atom is 0.516 e. The number of rotatable bonds is 2. The van der Waals surface area contributed by atoms with Gasteiger partial charge < -0.3 is 18.9 Å². The maximum atomic E-state index is 11.6. The van der Waals surface area contributed by atoms with Crippen LogP contribution in [0.1, 0.15) is 20.7 Å². The summed E-state index contributed by atoms with van der Waals surface area (Å²) >= 11 is 0. The average molecular weight is 282 g/mol. The molecule has 0 radical (unpaired) electrons. The third-order valence-electron chi connectivity index (χ3n) is 2.05. The molecule has 20 heavy (non-hydrogen) atoms. The van der Waals surface area contributed by atoms with E-state index in [2.05, 4.69) is 18.9 Å². The molecule has 0 fully saturated rings. The molecule has 0 aliphatic heterocycles. The van der Waals surface area contributed by atoms with E-state index in [1.807, 2.05) is 0 Å². The summed E-state index contributed by atoms with van der Waals surface area (Å²) in [5, 5.41) is 0. The highest BCUT2D eigenvalue weighted by molar-refractivity contribution is 6.06. The molecule has 0 amide bonds. The van der Waals surface area contributed by atoms with Crippen molar-refractivity contribution in [2.75, 3.05) is 14.2 Å². The molecule has 1 aromatic rings. The predicted octanol–water partition coefficient (Wildman–Crippen LogP) is 1.53. The fourth-order valence-electron chi connectivity index (χ4n) is 1.18. The van der Waals surface area contributed by atoms with Gasteiger partial charge in [-0.15, -0.1) is 0 Å². The molecule has 106 valence electrons. The van der Waals surface area contributed by atoms with Gasteiger partial charge in [-0.05, 0) is 12.1 Å². The van der Waals surface area contributed by atoms with Crippen molar-refractivity contribution in [3.8, 4) is 0 Å². The van der Waals surface area contributed by atoms with Crippen molar-refractivity contribution >= 4 is 24.2 Å². The van der Waals surface area contributed by atoms with Crippen molar-refractivity contribution in [2.45, 2.75) is 0 Å². The first-order valence-electron chi connectivity index (χ1n) is 5.19. The fraction of sp³-hybridized carbons (Fsp3) is 0.167. The van der Waals surface area contributed by atoms with Gasteiger partial charge in [0.25, 0.3) is 0 Å². The second-order valence-electron chi connectivity index (χ2n) is 3.23. The molecule has 8 heteroatoms. The van der Waals surface area contributed by atoms with E-state index < -0.39 is 24.2 Å². The summed E-state index contributed by atoms with van der Waals surface area (Å²) in [6.45, 7) is 0. The highest BCUT2D eigenvalue weighted by Gasteiger charge is 2.23. The SMILES string of the molecule is COC(=O)OC(=O)c1ccccc1C(=O)OC(=O)OC. The van der Waals surface area contributed by atoms with Crippen LogP contribution in [0.5, 0.6) is 0 Å². The minimum absolute atomic E-state index is 0.258. The summed E-state index contributed by atoms with van der Waals surface area (Å²) in [4.78, 5) is 45.0. The first-order valence-corrected chi connectivity index (χ1v) is 5.19. The van der Waals surface area contributed by atoms with Crippen LogP contribution in [0, 0.1) is 0 Å². The Morgan fingerprint density at radius 2 is 1.10 bits per heavy atom. The zero-order valence-corrected chi connectivity index (χ0v) is 10.6. The molecule has 0 saturated heterocycles. The number of benzene rings is 1. The van der Waals surface area contributed by atoms with Crippen LogP contribution in [0.4, 0.5) is 9.59 Å². The number of ether oxygens (including phenoxy) is 4. The van der Waals surface area contributed by atoms with Gasteiger partial charge in [0.15, 0.2) is 0 Å². The molecule has 0 saturated carbocycles. The molecule has 0 heterocycles. The van der Waals surface area contributed by atoms with Crippen molar-refractivity contribution < 1.29 is 38.1 Å². The van der Waals surface area contributed by atoms with Crippen molar-refractivity contribution in [3.05, 3.63) is 35.4 Å². The number of esters is 2. The minimum Gasteiger partial charge on any atom is -0.437 e. The van der Waals surface area contributed by atoms with Crippen molar-refractivity contribution in [2.24, 2.45) is 0 Å². The number of methoxy groups -OCH3 is 2. The van der Waals surface area contributed by atoms with E-state index in [1.54, 1.807) is 0 Å². The van der Waals surface area contributed by atoms with Gasteiger partial charge in [-0.2, -0.15) is 0 Å². The Labute approximate surface area is 113 Å². The van der Waals surface area contributed by atoms with E-state index in [1.165, 1.54) is 24.3 Å². The Kier molecular flexibility index (Phi) is 5.21. The Morgan fingerprint density at radius 1 is 0.750 bits per heavy atom. The fourth-order valence-corrected chi connectivity index (χ4v) is 1.18. The van der Waals surface area contributed by atoms with E-state index >= 15 is 0 Å². The Balaban J connectivity index is 2.98. The van der Waals surface area contributed by atoms with Crippen LogP contribution in [0.25, 0.3) is 0 Å². The van der Waals surface area contributed by atoms with Crippen LogP contribution in [0.15, 0.2) is 24.3 Å². The molecule has 0 aliphatic carbocycles. The predicted molar refractivity (Wildman–Crippen MR) is 62.1 cm³/mol. The molecule has 0 bridgehead atoms. The molecule has 8 nitrogen and oxygen atoms in total. The van der Waals surface area contributed by atoms with Crippen LogP contribution in [-0.2, 0) is 18.9 Å². The smallest absolute Gasteiger partial charge is 0.437 e. The number of carbonyl (C=O) groups excluding carboxylic acids is 4. The maximum absolute atomic E-state index is 11.6. The molecule has 0 atom stereocenters. The summed E-state index contributed by atoms with van der Waals surface area (Å²) in [6.07, 6.45) is -2.46. The summed E-state index contributed by atoms with van der Waals surface area (Å²) < 4.78 is 16.9.